The molecule has 2 heterocycles. The molecule has 160 valence electrons. The van der Waals surface area contributed by atoms with Crippen LogP contribution in [-0.4, -0.2) is 64.1 Å². The zero-order valence-electron chi connectivity index (χ0n) is 17.0. The van der Waals surface area contributed by atoms with Crippen LogP contribution in [0.15, 0.2) is 17.8 Å². The van der Waals surface area contributed by atoms with Crippen LogP contribution in [0.3, 0.4) is 0 Å². The SMILES string of the molecule is CC(C)=NO[P@](=O)(CO[C@H](C)Cn1cnc2c(N)ncnc21)[AsH]C(C)(C)C(=O)O. The van der Waals surface area contributed by atoms with E-state index in [9.17, 15) is 14.5 Å². The van der Waals surface area contributed by atoms with Gasteiger partial charge in [0.05, 0.1) is 0 Å². The maximum atomic E-state index is 13.3. The van der Waals surface area contributed by atoms with Crippen LogP contribution in [-0.2, 0) is 25.3 Å². The molecular formula is C16H26AsN6O5P. The standard InChI is InChI=1S/C16H26AsN6O5P/c1-10(2)22-28-29(26,17-16(4,5)15(24)25)9-27-11(3)6-23-8-21-12-13(18)19-7-20-14(12)23/h7-8,11,17H,6,9H2,1-5H3,(H,24,25)(H2,18,19,20)/t11-,29-/m1/s1. The van der Waals surface area contributed by atoms with Gasteiger partial charge in [-0.25, -0.2) is 0 Å². The summed E-state index contributed by atoms with van der Waals surface area (Å²) in [4.78, 5) is 23.8. The fraction of sp³-hybridized carbons (Fsp3) is 0.562. The number of carboxylic acid groups (broad SMARTS) is 1. The Morgan fingerprint density at radius 2 is 2.10 bits per heavy atom. The Balaban J connectivity index is 2.10. The number of nitrogens with zero attached hydrogens (tertiary/aromatic N) is 5. The van der Waals surface area contributed by atoms with E-state index >= 15 is 0 Å². The van der Waals surface area contributed by atoms with E-state index in [1.54, 1.807) is 45.5 Å². The number of carboxylic acids is 1. The summed E-state index contributed by atoms with van der Waals surface area (Å²) >= 11 is -1.58. The van der Waals surface area contributed by atoms with Gasteiger partial charge in [-0.3, -0.25) is 0 Å². The fourth-order valence-corrected chi connectivity index (χ4v) is 11.5. The molecule has 0 saturated carbocycles. The van der Waals surface area contributed by atoms with Crippen LogP contribution in [0.25, 0.3) is 11.2 Å². The summed E-state index contributed by atoms with van der Waals surface area (Å²) in [6, 6.07) is 0. The van der Waals surface area contributed by atoms with E-state index in [0.29, 0.717) is 23.4 Å². The normalized spacial score (nSPS) is 15.3. The molecule has 0 fully saturated rings. The molecule has 0 aromatic carbocycles. The molecule has 2 aromatic rings. The van der Waals surface area contributed by atoms with Crippen molar-refractivity contribution in [2.24, 2.45) is 5.16 Å². The van der Waals surface area contributed by atoms with Gasteiger partial charge in [0.15, 0.2) is 0 Å². The molecule has 11 nitrogen and oxygen atoms in total. The molecule has 3 N–H and O–H groups in total. The number of rotatable bonds is 10. The van der Waals surface area contributed by atoms with Crippen LogP contribution in [0.5, 0.6) is 0 Å². The number of oxime groups is 1. The first-order valence-corrected chi connectivity index (χ1v) is 14.5. The summed E-state index contributed by atoms with van der Waals surface area (Å²) < 4.78 is 25.0. The van der Waals surface area contributed by atoms with Gasteiger partial charge in [0.1, 0.15) is 0 Å². The molecule has 0 aliphatic heterocycles. The van der Waals surface area contributed by atoms with Crippen molar-refractivity contribution in [3.63, 3.8) is 0 Å². The quantitative estimate of drug-likeness (QED) is 0.221. The van der Waals surface area contributed by atoms with Gasteiger partial charge in [-0.15, -0.1) is 0 Å². The third-order valence-electron chi connectivity index (χ3n) is 3.75. The number of nitrogen functional groups attached to an aromatic ring is 1. The number of fused-ring (bicyclic) bond motifs is 1. The van der Waals surface area contributed by atoms with Crippen LogP contribution in [0.1, 0.15) is 34.6 Å². The van der Waals surface area contributed by atoms with Gasteiger partial charge in [-0.1, -0.05) is 0 Å². The fourth-order valence-electron chi connectivity index (χ4n) is 2.28. The molecule has 0 aliphatic carbocycles. The molecule has 0 bridgehead atoms. The minimum atomic E-state index is -3.38. The van der Waals surface area contributed by atoms with E-state index in [1.165, 1.54) is 6.33 Å². The van der Waals surface area contributed by atoms with Gasteiger partial charge in [0.2, 0.25) is 0 Å². The summed E-state index contributed by atoms with van der Waals surface area (Å²) in [5.74, 6) is -4.12. The zero-order valence-corrected chi connectivity index (χ0v) is 20.0. The van der Waals surface area contributed by atoms with Crippen LogP contribution in [0, 0.1) is 0 Å². The second kappa shape index (κ2) is 9.24. The van der Waals surface area contributed by atoms with E-state index in [2.05, 4.69) is 20.1 Å². The molecule has 2 rings (SSSR count). The van der Waals surface area contributed by atoms with Crippen LogP contribution < -0.4 is 5.73 Å². The van der Waals surface area contributed by atoms with Crippen molar-refractivity contribution in [1.29, 1.82) is 0 Å². The number of aromatic nitrogens is 4. The van der Waals surface area contributed by atoms with Gasteiger partial charge in [-0.05, 0) is 0 Å². The summed E-state index contributed by atoms with van der Waals surface area (Å²) in [5.41, 5.74) is 7.44. The third-order valence-corrected chi connectivity index (χ3v) is 12.9. The predicted molar refractivity (Wildman–Crippen MR) is 111 cm³/mol. The van der Waals surface area contributed by atoms with Gasteiger partial charge in [-0.2, -0.15) is 0 Å². The first kappa shape index (κ1) is 23.3. The Morgan fingerprint density at radius 3 is 2.72 bits per heavy atom. The molecule has 29 heavy (non-hydrogen) atoms. The molecule has 13 heteroatoms. The van der Waals surface area contributed by atoms with Gasteiger partial charge in [0.25, 0.3) is 0 Å². The van der Waals surface area contributed by atoms with Crippen molar-refractivity contribution < 1.29 is 23.8 Å². The number of aliphatic carboxylic acids is 1. The molecule has 0 saturated heterocycles. The Labute approximate surface area is 174 Å². The number of hydrogen-bond acceptors (Lipinski definition) is 9. The summed E-state index contributed by atoms with van der Waals surface area (Å²) in [6.45, 7) is 8.67. The second-order valence-electron chi connectivity index (χ2n) is 7.27. The Morgan fingerprint density at radius 1 is 1.41 bits per heavy atom. The van der Waals surface area contributed by atoms with Crippen molar-refractivity contribution in [2.45, 2.75) is 51.5 Å². The number of ether oxygens (including phenoxy) is 1. The first-order valence-electron chi connectivity index (χ1n) is 8.78. The van der Waals surface area contributed by atoms with E-state index < -0.39 is 31.4 Å². The summed E-state index contributed by atoms with van der Waals surface area (Å²) in [7, 11) is 0. The molecule has 0 amide bonds. The topological polar surface area (TPSA) is 155 Å². The molecule has 3 atom stereocenters. The van der Waals surface area contributed by atoms with Crippen LogP contribution >= 0.6 is 5.93 Å². The van der Waals surface area contributed by atoms with Crippen molar-refractivity contribution in [2.75, 3.05) is 12.1 Å². The molecular weight excluding hydrogens is 462 g/mol. The monoisotopic (exact) mass is 488 g/mol. The van der Waals surface area contributed by atoms with E-state index in [4.69, 9.17) is 15.1 Å². The van der Waals surface area contributed by atoms with Crippen molar-refractivity contribution >= 4 is 49.9 Å². The minimum absolute atomic E-state index is 0.217. The third kappa shape index (κ3) is 6.26. The van der Waals surface area contributed by atoms with Gasteiger partial charge in [0, 0.05) is 0 Å². The second-order valence-corrected chi connectivity index (χ2v) is 17.6. The Kier molecular flexibility index (Phi) is 7.43. The molecule has 0 spiro atoms. The predicted octanol–water partition coefficient (Wildman–Crippen LogP) is 2.10. The molecule has 0 aliphatic rings. The van der Waals surface area contributed by atoms with E-state index in [0.717, 1.165) is 0 Å². The average molecular weight is 488 g/mol. The van der Waals surface area contributed by atoms with Crippen LogP contribution in [0.2, 0.25) is 4.20 Å². The number of hydrogen-bond donors (Lipinski definition) is 2. The van der Waals surface area contributed by atoms with Crippen molar-refractivity contribution in [1.82, 2.24) is 19.5 Å². The number of anilines is 1. The number of imidazole rings is 1. The van der Waals surface area contributed by atoms with Gasteiger partial charge < -0.3 is 0 Å². The van der Waals surface area contributed by atoms with Gasteiger partial charge >= 0.3 is 175 Å². The van der Waals surface area contributed by atoms with Crippen LogP contribution in [0.4, 0.5) is 5.82 Å². The first-order chi connectivity index (χ1) is 13.4. The maximum absolute atomic E-state index is 13.3. The number of carbonyl (C=O) groups is 1. The summed E-state index contributed by atoms with van der Waals surface area (Å²) in [5, 5.41) is 13.2. The van der Waals surface area contributed by atoms with E-state index in [-0.39, 0.29) is 18.3 Å². The van der Waals surface area contributed by atoms with E-state index in [1.807, 2.05) is 0 Å². The zero-order chi connectivity index (χ0) is 21.8. The average Bonchev–Trinajstić information content (AvgIpc) is 3.02. The summed E-state index contributed by atoms with van der Waals surface area (Å²) in [6.07, 6.45) is 2.35. The Hall–Kier alpha value is -1.96. The number of nitrogens with two attached hydrogens (primary N) is 1. The molecule has 1 unspecified atom stereocenters. The molecule has 0 radical (unpaired) electrons. The Bertz CT molecular complexity index is 958. The van der Waals surface area contributed by atoms with Crippen molar-refractivity contribution in [3.8, 4) is 0 Å². The molecule has 2 aromatic heterocycles. The van der Waals surface area contributed by atoms with Crippen molar-refractivity contribution in [3.05, 3.63) is 12.7 Å².